The van der Waals surface area contributed by atoms with E-state index in [0.717, 1.165) is 23.6 Å². The Balaban J connectivity index is 1.51. The molecule has 1 amide bonds. The first-order valence-corrected chi connectivity index (χ1v) is 8.94. The minimum absolute atomic E-state index is 0.0452. The standard InChI is InChI=1S/C18H21N3O2S/c1-13(17-19-10-11-24-17)21(2)18(22)16-12-15(20-23-16)9-8-14-6-4-3-5-7-14/h3-7,10-11,13,16H,8-9,12H2,1-2H3. The van der Waals surface area contributed by atoms with Gasteiger partial charge in [0.1, 0.15) is 5.01 Å². The van der Waals surface area contributed by atoms with Crippen LogP contribution in [0.25, 0.3) is 0 Å². The predicted octanol–water partition coefficient (Wildman–Crippen LogP) is 3.44. The molecule has 0 saturated carbocycles. The van der Waals surface area contributed by atoms with Gasteiger partial charge in [0.15, 0.2) is 0 Å². The number of carbonyl (C=O) groups excluding carboxylic acids is 1. The molecule has 0 spiro atoms. The van der Waals surface area contributed by atoms with Gasteiger partial charge in [-0.2, -0.15) is 0 Å². The Morgan fingerprint density at radius 3 is 2.88 bits per heavy atom. The lowest BCUT2D eigenvalue weighted by Gasteiger charge is -2.25. The van der Waals surface area contributed by atoms with Gasteiger partial charge in [-0.3, -0.25) is 4.79 Å². The van der Waals surface area contributed by atoms with Crippen LogP contribution in [0, 0.1) is 0 Å². The van der Waals surface area contributed by atoms with E-state index < -0.39 is 6.10 Å². The van der Waals surface area contributed by atoms with Crippen LogP contribution in [0.2, 0.25) is 0 Å². The molecule has 2 unspecified atom stereocenters. The second-order valence-corrected chi connectivity index (χ2v) is 6.86. The van der Waals surface area contributed by atoms with E-state index in [2.05, 4.69) is 22.3 Å². The molecule has 1 aromatic carbocycles. The number of oxime groups is 1. The van der Waals surface area contributed by atoms with Crippen molar-refractivity contribution in [3.8, 4) is 0 Å². The maximum Gasteiger partial charge on any atom is 0.267 e. The molecule has 1 aromatic heterocycles. The molecule has 0 fully saturated rings. The van der Waals surface area contributed by atoms with Crippen molar-refractivity contribution in [2.75, 3.05) is 7.05 Å². The number of thiazole rings is 1. The van der Waals surface area contributed by atoms with Crippen LogP contribution in [0.3, 0.4) is 0 Å². The average molecular weight is 343 g/mol. The minimum atomic E-state index is -0.511. The van der Waals surface area contributed by atoms with E-state index in [1.165, 1.54) is 5.56 Å². The third kappa shape index (κ3) is 3.82. The zero-order valence-corrected chi connectivity index (χ0v) is 14.7. The molecule has 2 heterocycles. The molecule has 2 atom stereocenters. The highest BCUT2D eigenvalue weighted by molar-refractivity contribution is 7.09. The summed E-state index contributed by atoms with van der Waals surface area (Å²) >= 11 is 1.55. The fourth-order valence-electron chi connectivity index (χ4n) is 2.66. The summed E-state index contributed by atoms with van der Waals surface area (Å²) < 4.78 is 0. The first-order chi connectivity index (χ1) is 11.6. The second-order valence-electron chi connectivity index (χ2n) is 5.94. The summed E-state index contributed by atoms with van der Waals surface area (Å²) in [5.74, 6) is -0.0452. The summed E-state index contributed by atoms with van der Waals surface area (Å²) in [5, 5.41) is 6.96. The van der Waals surface area contributed by atoms with Crippen molar-refractivity contribution in [1.29, 1.82) is 0 Å². The Morgan fingerprint density at radius 2 is 2.17 bits per heavy atom. The fraction of sp³-hybridized carbons (Fsp3) is 0.389. The summed E-state index contributed by atoms with van der Waals surface area (Å²) in [7, 11) is 1.79. The van der Waals surface area contributed by atoms with E-state index in [-0.39, 0.29) is 11.9 Å². The third-order valence-electron chi connectivity index (χ3n) is 4.29. The van der Waals surface area contributed by atoms with Gasteiger partial charge < -0.3 is 9.74 Å². The summed E-state index contributed by atoms with van der Waals surface area (Å²) in [4.78, 5) is 24.0. The lowest BCUT2D eigenvalue weighted by Crippen LogP contribution is -2.38. The van der Waals surface area contributed by atoms with Crippen LogP contribution in [0.5, 0.6) is 0 Å². The molecule has 0 radical (unpaired) electrons. The van der Waals surface area contributed by atoms with E-state index in [9.17, 15) is 4.79 Å². The quantitative estimate of drug-likeness (QED) is 0.807. The Hall–Kier alpha value is -2.21. The monoisotopic (exact) mass is 343 g/mol. The van der Waals surface area contributed by atoms with Crippen LogP contribution in [-0.2, 0) is 16.1 Å². The zero-order chi connectivity index (χ0) is 16.9. The van der Waals surface area contributed by atoms with Crippen molar-refractivity contribution in [1.82, 2.24) is 9.88 Å². The number of nitrogens with zero attached hydrogens (tertiary/aromatic N) is 3. The number of aromatic nitrogens is 1. The summed E-state index contributed by atoms with van der Waals surface area (Å²) in [6, 6.07) is 10.2. The van der Waals surface area contributed by atoms with Crippen molar-refractivity contribution in [2.45, 2.75) is 38.3 Å². The van der Waals surface area contributed by atoms with E-state index in [4.69, 9.17) is 4.84 Å². The molecule has 24 heavy (non-hydrogen) atoms. The number of amides is 1. The van der Waals surface area contributed by atoms with Gasteiger partial charge in [0.05, 0.1) is 11.8 Å². The van der Waals surface area contributed by atoms with Gasteiger partial charge in [0.2, 0.25) is 6.10 Å². The van der Waals surface area contributed by atoms with E-state index in [0.29, 0.717) is 6.42 Å². The van der Waals surface area contributed by atoms with Gasteiger partial charge in [-0.05, 0) is 25.3 Å². The molecular weight excluding hydrogens is 322 g/mol. The first kappa shape index (κ1) is 16.6. The predicted molar refractivity (Wildman–Crippen MR) is 95.0 cm³/mol. The van der Waals surface area contributed by atoms with Crippen LogP contribution in [0.4, 0.5) is 0 Å². The zero-order valence-electron chi connectivity index (χ0n) is 13.9. The van der Waals surface area contributed by atoms with Crippen molar-refractivity contribution >= 4 is 23.0 Å². The van der Waals surface area contributed by atoms with E-state index in [1.54, 1.807) is 29.5 Å². The molecular formula is C18H21N3O2S. The average Bonchev–Trinajstić information content (AvgIpc) is 3.30. The molecule has 2 aromatic rings. The maximum absolute atomic E-state index is 12.6. The van der Waals surface area contributed by atoms with Crippen LogP contribution in [0.15, 0.2) is 47.1 Å². The fourth-order valence-corrected chi connectivity index (χ4v) is 3.40. The molecule has 5 nitrogen and oxygen atoms in total. The molecule has 6 heteroatoms. The molecule has 126 valence electrons. The largest absolute Gasteiger partial charge is 0.382 e. The highest BCUT2D eigenvalue weighted by Crippen LogP contribution is 2.24. The summed E-state index contributed by atoms with van der Waals surface area (Å²) in [6.45, 7) is 1.98. The Labute approximate surface area is 146 Å². The van der Waals surface area contributed by atoms with Crippen molar-refractivity contribution in [3.05, 3.63) is 52.5 Å². The molecule has 3 rings (SSSR count). The smallest absolute Gasteiger partial charge is 0.267 e. The van der Waals surface area contributed by atoms with E-state index in [1.807, 2.05) is 30.5 Å². The molecule has 0 saturated heterocycles. The van der Waals surface area contributed by atoms with Gasteiger partial charge in [0.25, 0.3) is 5.91 Å². The number of likely N-dealkylation sites (N-methyl/N-ethyl adjacent to an activating group) is 1. The number of carbonyl (C=O) groups is 1. The highest BCUT2D eigenvalue weighted by Gasteiger charge is 2.32. The summed E-state index contributed by atoms with van der Waals surface area (Å²) in [5.41, 5.74) is 2.22. The van der Waals surface area contributed by atoms with Gasteiger partial charge in [-0.1, -0.05) is 35.5 Å². The Bertz CT molecular complexity index is 700. The Kier molecular flexibility index (Phi) is 5.25. The van der Waals surface area contributed by atoms with Crippen molar-refractivity contribution in [3.63, 3.8) is 0 Å². The first-order valence-electron chi connectivity index (χ1n) is 8.06. The molecule has 1 aliphatic rings. The molecule has 1 aliphatic heterocycles. The van der Waals surface area contributed by atoms with Gasteiger partial charge in [-0.25, -0.2) is 4.98 Å². The second kappa shape index (κ2) is 7.57. The normalized spacial score (nSPS) is 17.9. The lowest BCUT2D eigenvalue weighted by molar-refractivity contribution is -0.142. The maximum atomic E-state index is 12.6. The molecule has 0 bridgehead atoms. The molecule has 0 aliphatic carbocycles. The Morgan fingerprint density at radius 1 is 1.38 bits per heavy atom. The minimum Gasteiger partial charge on any atom is -0.382 e. The van der Waals surface area contributed by atoms with Crippen LogP contribution < -0.4 is 0 Å². The number of aryl methyl sites for hydroxylation is 1. The van der Waals surface area contributed by atoms with Crippen LogP contribution in [0.1, 0.15) is 36.4 Å². The van der Waals surface area contributed by atoms with Gasteiger partial charge in [-0.15, -0.1) is 11.3 Å². The van der Waals surface area contributed by atoms with Crippen LogP contribution >= 0.6 is 11.3 Å². The molecule has 0 N–H and O–H groups in total. The topological polar surface area (TPSA) is 54.8 Å². The summed E-state index contributed by atoms with van der Waals surface area (Å²) in [6.07, 6.45) is 3.55. The number of hydrogen-bond donors (Lipinski definition) is 0. The van der Waals surface area contributed by atoms with Crippen molar-refractivity contribution in [2.24, 2.45) is 5.16 Å². The number of rotatable bonds is 6. The van der Waals surface area contributed by atoms with Crippen LogP contribution in [-0.4, -0.2) is 34.7 Å². The van der Waals surface area contributed by atoms with E-state index >= 15 is 0 Å². The van der Waals surface area contributed by atoms with Gasteiger partial charge in [0, 0.05) is 25.0 Å². The number of benzene rings is 1. The van der Waals surface area contributed by atoms with Gasteiger partial charge >= 0.3 is 0 Å². The highest BCUT2D eigenvalue weighted by atomic mass is 32.1. The number of hydrogen-bond acceptors (Lipinski definition) is 5. The lowest BCUT2D eigenvalue weighted by atomic mass is 10.0. The third-order valence-corrected chi connectivity index (χ3v) is 5.23. The van der Waals surface area contributed by atoms with Crippen molar-refractivity contribution < 1.29 is 9.63 Å². The SMILES string of the molecule is CC(c1nccs1)N(C)C(=O)C1CC(CCc2ccccc2)=NO1.